The number of fused-ring (bicyclic) bond motifs is 2. The van der Waals surface area contributed by atoms with Gasteiger partial charge in [-0.2, -0.15) is 4.31 Å². The third-order valence-electron chi connectivity index (χ3n) is 5.87. The molecule has 0 saturated carbocycles. The number of benzene rings is 3. The van der Waals surface area contributed by atoms with Crippen molar-refractivity contribution in [3.05, 3.63) is 101 Å². The SMILES string of the molecule is CCOC(=O)CN(C1c2ccccc2CCc2ccccc21)S(=O)(=O)c1ccc(C)cc1. The zero-order valence-corrected chi connectivity index (χ0v) is 19.1. The molecule has 166 valence electrons. The minimum absolute atomic E-state index is 0.159. The van der Waals surface area contributed by atoms with Gasteiger partial charge in [0.2, 0.25) is 10.0 Å². The van der Waals surface area contributed by atoms with Crippen molar-refractivity contribution in [2.75, 3.05) is 13.2 Å². The van der Waals surface area contributed by atoms with Crippen LogP contribution in [-0.2, 0) is 32.4 Å². The van der Waals surface area contributed by atoms with Crippen molar-refractivity contribution >= 4 is 16.0 Å². The standard InChI is InChI=1S/C26H27NO4S/c1-3-31-25(28)18-27(32(29,30)22-16-12-19(2)13-17-22)26-23-10-6-4-8-20(23)14-15-21-9-5-7-11-24(21)26/h4-13,16-17,26H,3,14-15,18H2,1-2H3. The third-order valence-corrected chi connectivity index (χ3v) is 7.69. The Balaban J connectivity index is 1.93. The molecule has 3 aromatic rings. The van der Waals surface area contributed by atoms with E-state index in [0.29, 0.717) is 0 Å². The second-order valence-electron chi connectivity index (χ2n) is 7.97. The van der Waals surface area contributed by atoms with Crippen LogP contribution in [0.4, 0.5) is 0 Å². The molecule has 0 fully saturated rings. The largest absolute Gasteiger partial charge is 0.465 e. The van der Waals surface area contributed by atoms with Crippen molar-refractivity contribution in [2.45, 2.75) is 37.6 Å². The predicted octanol–water partition coefficient (Wildman–Crippen LogP) is 4.44. The van der Waals surface area contributed by atoms with Crippen molar-refractivity contribution in [3.8, 4) is 0 Å². The van der Waals surface area contributed by atoms with E-state index in [1.807, 2.05) is 55.5 Å². The van der Waals surface area contributed by atoms with Gasteiger partial charge in [-0.05, 0) is 61.1 Å². The van der Waals surface area contributed by atoms with E-state index in [-0.39, 0.29) is 18.0 Å². The normalized spacial score (nSPS) is 13.8. The summed E-state index contributed by atoms with van der Waals surface area (Å²) in [6, 6.07) is 21.9. The van der Waals surface area contributed by atoms with Gasteiger partial charge in [0.15, 0.2) is 0 Å². The zero-order valence-electron chi connectivity index (χ0n) is 18.3. The molecule has 5 nitrogen and oxygen atoms in total. The molecular weight excluding hydrogens is 422 g/mol. The Morgan fingerprint density at radius 2 is 1.44 bits per heavy atom. The number of ether oxygens (including phenoxy) is 1. The van der Waals surface area contributed by atoms with Crippen LogP contribution in [0.25, 0.3) is 0 Å². The van der Waals surface area contributed by atoms with E-state index in [2.05, 4.69) is 0 Å². The van der Waals surface area contributed by atoms with Gasteiger partial charge in [-0.3, -0.25) is 4.79 Å². The zero-order chi connectivity index (χ0) is 22.7. The Labute approximate surface area is 189 Å². The van der Waals surface area contributed by atoms with Crippen LogP contribution in [0.15, 0.2) is 77.7 Å². The van der Waals surface area contributed by atoms with Crippen LogP contribution in [0, 0.1) is 6.92 Å². The summed E-state index contributed by atoms with van der Waals surface area (Å²) in [7, 11) is -4.00. The number of sulfonamides is 1. The Morgan fingerprint density at radius 1 is 0.906 bits per heavy atom. The molecule has 0 atom stereocenters. The van der Waals surface area contributed by atoms with Gasteiger partial charge in [-0.15, -0.1) is 0 Å². The fourth-order valence-electron chi connectivity index (χ4n) is 4.30. The molecule has 0 spiro atoms. The Kier molecular flexibility index (Phi) is 6.44. The van der Waals surface area contributed by atoms with E-state index in [1.54, 1.807) is 31.2 Å². The van der Waals surface area contributed by atoms with Crippen molar-refractivity contribution in [1.82, 2.24) is 4.31 Å². The second kappa shape index (κ2) is 9.27. The lowest BCUT2D eigenvalue weighted by Crippen LogP contribution is -2.40. The van der Waals surface area contributed by atoms with Gasteiger partial charge in [0.1, 0.15) is 6.54 Å². The Morgan fingerprint density at radius 3 is 1.97 bits per heavy atom. The number of carbonyl (C=O) groups is 1. The molecule has 1 aliphatic carbocycles. The Bertz CT molecular complexity index is 1170. The molecule has 6 heteroatoms. The van der Waals surface area contributed by atoms with Gasteiger partial charge < -0.3 is 4.74 Å². The summed E-state index contributed by atoms with van der Waals surface area (Å²) < 4.78 is 34.3. The highest BCUT2D eigenvalue weighted by Crippen LogP contribution is 2.39. The topological polar surface area (TPSA) is 63.7 Å². The van der Waals surface area contributed by atoms with Gasteiger partial charge in [-0.1, -0.05) is 66.2 Å². The van der Waals surface area contributed by atoms with Gasteiger partial charge in [0.25, 0.3) is 0 Å². The molecule has 0 radical (unpaired) electrons. The first-order valence-corrected chi connectivity index (χ1v) is 12.3. The highest BCUT2D eigenvalue weighted by molar-refractivity contribution is 7.89. The maximum atomic E-state index is 13.9. The average molecular weight is 450 g/mol. The first-order valence-electron chi connectivity index (χ1n) is 10.8. The monoisotopic (exact) mass is 449 g/mol. The van der Waals surface area contributed by atoms with E-state index >= 15 is 0 Å². The van der Waals surface area contributed by atoms with Crippen molar-refractivity contribution in [3.63, 3.8) is 0 Å². The summed E-state index contributed by atoms with van der Waals surface area (Å²) in [6.07, 6.45) is 1.61. The van der Waals surface area contributed by atoms with Gasteiger partial charge in [0.05, 0.1) is 17.5 Å². The van der Waals surface area contributed by atoms with Gasteiger partial charge in [0, 0.05) is 0 Å². The molecule has 1 aliphatic rings. The predicted molar refractivity (Wildman–Crippen MR) is 124 cm³/mol. The minimum atomic E-state index is -4.00. The van der Waals surface area contributed by atoms with Crippen molar-refractivity contribution in [1.29, 1.82) is 0 Å². The fourth-order valence-corrected chi connectivity index (χ4v) is 5.83. The van der Waals surface area contributed by atoms with E-state index in [1.165, 1.54) is 4.31 Å². The van der Waals surface area contributed by atoms with Crippen molar-refractivity contribution < 1.29 is 17.9 Å². The fraction of sp³-hybridized carbons (Fsp3) is 0.269. The summed E-state index contributed by atoms with van der Waals surface area (Å²) in [4.78, 5) is 12.8. The number of carbonyl (C=O) groups excluding carboxylic acids is 1. The van der Waals surface area contributed by atoms with E-state index in [9.17, 15) is 13.2 Å². The van der Waals surface area contributed by atoms with E-state index < -0.39 is 22.0 Å². The van der Waals surface area contributed by atoms with Gasteiger partial charge >= 0.3 is 5.97 Å². The molecule has 0 saturated heterocycles. The summed E-state index contributed by atoms with van der Waals surface area (Å²) in [5, 5.41) is 0. The molecule has 0 N–H and O–H groups in total. The van der Waals surface area contributed by atoms with Crippen LogP contribution < -0.4 is 0 Å². The molecule has 3 aromatic carbocycles. The number of nitrogens with zero attached hydrogens (tertiary/aromatic N) is 1. The molecule has 0 amide bonds. The second-order valence-corrected chi connectivity index (χ2v) is 9.86. The van der Waals surface area contributed by atoms with E-state index in [0.717, 1.165) is 40.7 Å². The molecule has 0 aromatic heterocycles. The molecule has 0 unspecified atom stereocenters. The van der Waals surface area contributed by atoms with Crippen LogP contribution in [0.3, 0.4) is 0 Å². The number of hydrogen-bond donors (Lipinski definition) is 0. The lowest BCUT2D eigenvalue weighted by atomic mass is 9.94. The first kappa shape index (κ1) is 22.2. The summed E-state index contributed by atoms with van der Waals surface area (Å²) in [5.41, 5.74) is 4.93. The Hall–Kier alpha value is -2.96. The molecule has 0 aliphatic heterocycles. The maximum absolute atomic E-state index is 13.9. The smallest absolute Gasteiger partial charge is 0.321 e. The lowest BCUT2D eigenvalue weighted by Gasteiger charge is -2.32. The molecule has 32 heavy (non-hydrogen) atoms. The number of rotatable bonds is 6. The van der Waals surface area contributed by atoms with Crippen LogP contribution in [0.2, 0.25) is 0 Å². The molecule has 0 bridgehead atoms. The van der Waals surface area contributed by atoms with E-state index in [4.69, 9.17) is 4.74 Å². The number of hydrogen-bond acceptors (Lipinski definition) is 4. The van der Waals surface area contributed by atoms with Gasteiger partial charge in [-0.25, -0.2) is 8.42 Å². The minimum Gasteiger partial charge on any atom is -0.465 e. The van der Waals surface area contributed by atoms with Crippen molar-refractivity contribution in [2.24, 2.45) is 0 Å². The number of esters is 1. The lowest BCUT2D eigenvalue weighted by molar-refractivity contribution is -0.143. The van der Waals surface area contributed by atoms with Crippen LogP contribution in [-0.4, -0.2) is 31.8 Å². The third kappa shape index (κ3) is 4.33. The van der Waals surface area contributed by atoms with Crippen LogP contribution in [0.5, 0.6) is 0 Å². The highest BCUT2D eigenvalue weighted by atomic mass is 32.2. The van der Waals surface area contributed by atoms with Crippen LogP contribution >= 0.6 is 0 Å². The first-order chi connectivity index (χ1) is 15.4. The average Bonchev–Trinajstić information content (AvgIpc) is 2.95. The summed E-state index contributed by atoms with van der Waals surface area (Å²) >= 11 is 0. The number of aryl methyl sites for hydroxylation is 3. The quantitative estimate of drug-likeness (QED) is 0.522. The summed E-state index contributed by atoms with van der Waals surface area (Å²) in [5.74, 6) is -0.567. The maximum Gasteiger partial charge on any atom is 0.321 e. The van der Waals surface area contributed by atoms with Crippen LogP contribution in [0.1, 0.15) is 40.8 Å². The summed E-state index contributed by atoms with van der Waals surface area (Å²) in [6.45, 7) is 3.45. The molecule has 0 heterocycles. The molecule has 4 rings (SSSR count). The highest BCUT2D eigenvalue weighted by Gasteiger charge is 2.38. The molecular formula is C26H27NO4S.